The smallest absolute Gasteiger partial charge is 0.313 e. The molecule has 0 amide bonds. The number of hydrogen-bond acceptors (Lipinski definition) is 6. The highest BCUT2D eigenvalue weighted by Crippen LogP contribution is 2.28. The molecule has 0 fully saturated rings. The van der Waals surface area contributed by atoms with Gasteiger partial charge in [-0.25, -0.2) is 0 Å². The van der Waals surface area contributed by atoms with Gasteiger partial charge in [-0.2, -0.15) is 0 Å². The minimum absolute atomic E-state index is 0.00395. The highest BCUT2D eigenvalue weighted by atomic mass is 79.9. The van der Waals surface area contributed by atoms with Crippen molar-refractivity contribution in [2.45, 2.75) is 10.9 Å². The Balaban J connectivity index is 1.98. The zero-order valence-corrected chi connectivity index (χ0v) is 13.8. The molecule has 0 bridgehead atoms. The lowest BCUT2D eigenvalue weighted by Gasteiger charge is -2.14. The first-order valence-corrected chi connectivity index (χ1v) is 8.28. The fourth-order valence-electron chi connectivity index (χ4n) is 1.52. The van der Waals surface area contributed by atoms with Gasteiger partial charge in [0.05, 0.1) is 5.75 Å². The summed E-state index contributed by atoms with van der Waals surface area (Å²) in [6, 6.07) is 8.07. The Hall–Kier alpha value is -1.12. The van der Waals surface area contributed by atoms with Gasteiger partial charge in [-0.1, -0.05) is 51.2 Å². The van der Waals surface area contributed by atoms with E-state index in [1.165, 1.54) is 23.1 Å². The van der Waals surface area contributed by atoms with Gasteiger partial charge in [0.2, 0.25) is 5.13 Å². The minimum atomic E-state index is -0.853. The molecule has 0 saturated carbocycles. The van der Waals surface area contributed by atoms with Crippen molar-refractivity contribution in [1.82, 2.24) is 10.2 Å². The molecule has 0 atom stereocenters. The van der Waals surface area contributed by atoms with Gasteiger partial charge in [-0.05, 0) is 17.7 Å². The van der Waals surface area contributed by atoms with E-state index in [9.17, 15) is 4.79 Å². The van der Waals surface area contributed by atoms with Crippen molar-refractivity contribution >= 4 is 50.1 Å². The van der Waals surface area contributed by atoms with Gasteiger partial charge >= 0.3 is 5.97 Å². The third-order valence-corrected chi connectivity index (χ3v) is 5.00. The van der Waals surface area contributed by atoms with Gasteiger partial charge < -0.3 is 10.0 Å². The Morgan fingerprint density at radius 3 is 3.00 bits per heavy atom. The van der Waals surface area contributed by atoms with Crippen molar-refractivity contribution in [3.63, 3.8) is 0 Å². The summed E-state index contributed by atoms with van der Waals surface area (Å²) in [4.78, 5) is 12.5. The number of hydrogen-bond donors (Lipinski definition) is 1. The quantitative estimate of drug-likeness (QED) is 0.784. The molecule has 1 heterocycles. The highest BCUT2D eigenvalue weighted by molar-refractivity contribution is 9.10. The van der Waals surface area contributed by atoms with E-state index < -0.39 is 5.97 Å². The van der Waals surface area contributed by atoms with Crippen molar-refractivity contribution in [3.8, 4) is 0 Å². The standard InChI is InChI=1S/C12H12BrN3O2S2/c1-16(6-8-3-2-4-9(13)5-8)11-14-15-12(20-11)19-7-10(17)18/h2-5H,6-7H2,1H3,(H,17,18). The number of anilines is 1. The van der Waals surface area contributed by atoms with Gasteiger partial charge in [0.25, 0.3) is 0 Å². The topological polar surface area (TPSA) is 66.3 Å². The van der Waals surface area contributed by atoms with Crippen LogP contribution in [0, 0.1) is 0 Å². The number of carboxylic acid groups (broad SMARTS) is 1. The SMILES string of the molecule is CN(Cc1cccc(Br)c1)c1nnc(SCC(=O)O)s1. The largest absolute Gasteiger partial charge is 0.481 e. The monoisotopic (exact) mass is 373 g/mol. The normalized spacial score (nSPS) is 10.5. The predicted molar refractivity (Wildman–Crippen MR) is 84.5 cm³/mol. The van der Waals surface area contributed by atoms with Crippen LogP contribution in [0.15, 0.2) is 33.1 Å². The second kappa shape index (κ2) is 7.05. The number of aromatic nitrogens is 2. The number of rotatable bonds is 6. The van der Waals surface area contributed by atoms with Crippen LogP contribution in [0.4, 0.5) is 5.13 Å². The summed E-state index contributed by atoms with van der Waals surface area (Å²) in [5, 5.41) is 17.5. The van der Waals surface area contributed by atoms with E-state index in [2.05, 4.69) is 32.2 Å². The summed E-state index contributed by atoms with van der Waals surface area (Å²) in [6.07, 6.45) is 0. The molecule has 2 rings (SSSR count). The third-order valence-electron chi connectivity index (χ3n) is 2.35. The summed E-state index contributed by atoms with van der Waals surface area (Å²) < 4.78 is 1.71. The van der Waals surface area contributed by atoms with Crippen molar-refractivity contribution in [3.05, 3.63) is 34.3 Å². The second-order valence-corrected chi connectivity index (χ2v) is 7.11. The lowest BCUT2D eigenvalue weighted by molar-refractivity contribution is -0.133. The first kappa shape index (κ1) is 15.3. The molecule has 0 aliphatic rings. The number of thioether (sulfide) groups is 1. The number of halogens is 1. The fraction of sp³-hybridized carbons (Fsp3) is 0.250. The molecule has 1 N–H and O–H groups in total. The first-order valence-electron chi connectivity index (χ1n) is 5.68. The van der Waals surface area contributed by atoms with Crippen LogP contribution in [-0.4, -0.2) is 34.1 Å². The molecule has 0 aliphatic carbocycles. The van der Waals surface area contributed by atoms with Crippen LogP contribution in [0.5, 0.6) is 0 Å². The van der Waals surface area contributed by atoms with E-state index in [4.69, 9.17) is 5.11 Å². The molecule has 0 aliphatic heterocycles. The molecule has 1 aromatic heterocycles. The van der Waals surface area contributed by atoms with Crippen molar-refractivity contribution < 1.29 is 9.90 Å². The molecular formula is C12H12BrN3O2S2. The molecule has 0 unspecified atom stereocenters. The van der Waals surface area contributed by atoms with E-state index >= 15 is 0 Å². The maximum atomic E-state index is 10.5. The zero-order valence-electron chi connectivity index (χ0n) is 10.6. The van der Waals surface area contributed by atoms with Crippen molar-refractivity contribution in [2.24, 2.45) is 0 Å². The van der Waals surface area contributed by atoms with Gasteiger partial charge in [-0.3, -0.25) is 4.79 Å². The molecule has 20 heavy (non-hydrogen) atoms. The molecule has 0 radical (unpaired) electrons. The van der Waals surface area contributed by atoms with E-state index in [1.807, 2.05) is 30.1 Å². The van der Waals surface area contributed by atoms with Crippen LogP contribution < -0.4 is 4.90 Å². The Morgan fingerprint density at radius 1 is 1.50 bits per heavy atom. The van der Waals surface area contributed by atoms with Crippen LogP contribution >= 0.6 is 39.0 Å². The predicted octanol–water partition coefficient (Wildman–Crippen LogP) is 3.11. The lowest BCUT2D eigenvalue weighted by atomic mass is 10.2. The van der Waals surface area contributed by atoms with Crippen molar-refractivity contribution in [2.75, 3.05) is 17.7 Å². The van der Waals surface area contributed by atoms with Gasteiger partial charge in [0, 0.05) is 18.1 Å². The summed E-state index contributed by atoms with van der Waals surface area (Å²) >= 11 is 6.03. The number of aliphatic carboxylic acids is 1. The summed E-state index contributed by atoms with van der Waals surface area (Å²) in [5.74, 6) is -0.849. The molecule has 0 spiro atoms. The molecule has 8 heteroatoms. The Morgan fingerprint density at radius 2 is 2.30 bits per heavy atom. The van der Waals surface area contributed by atoms with Crippen molar-refractivity contribution in [1.29, 1.82) is 0 Å². The van der Waals surface area contributed by atoms with E-state index in [-0.39, 0.29) is 5.75 Å². The van der Waals surface area contributed by atoms with E-state index in [0.717, 1.165) is 21.7 Å². The number of carboxylic acids is 1. The minimum Gasteiger partial charge on any atom is -0.481 e. The van der Waals surface area contributed by atoms with Gasteiger partial charge in [0.1, 0.15) is 0 Å². The fourth-order valence-corrected chi connectivity index (χ4v) is 3.48. The Labute approximate surface area is 133 Å². The zero-order chi connectivity index (χ0) is 14.5. The lowest BCUT2D eigenvalue weighted by Crippen LogP contribution is -2.16. The highest BCUT2D eigenvalue weighted by Gasteiger charge is 2.11. The molecule has 1 aromatic carbocycles. The van der Waals surface area contributed by atoms with Crippen LogP contribution in [0.3, 0.4) is 0 Å². The molecule has 2 aromatic rings. The van der Waals surface area contributed by atoms with E-state index in [0.29, 0.717) is 4.34 Å². The molecule has 0 saturated heterocycles. The maximum absolute atomic E-state index is 10.5. The number of carbonyl (C=O) groups is 1. The maximum Gasteiger partial charge on any atom is 0.313 e. The first-order chi connectivity index (χ1) is 9.54. The Bertz CT molecular complexity index is 606. The molecule has 5 nitrogen and oxygen atoms in total. The van der Waals surface area contributed by atoms with Crippen LogP contribution in [0.1, 0.15) is 5.56 Å². The van der Waals surface area contributed by atoms with Crippen LogP contribution in [0.25, 0.3) is 0 Å². The summed E-state index contributed by atoms with van der Waals surface area (Å²) in [7, 11) is 1.94. The van der Waals surface area contributed by atoms with Gasteiger partial charge in [0.15, 0.2) is 4.34 Å². The third kappa shape index (κ3) is 4.46. The van der Waals surface area contributed by atoms with Crippen LogP contribution in [0.2, 0.25) is 0 Å². The number of benzene rings is 1. The second-order valence-electron chi connectivity index (χ2n) is 4.02. The number of nitrogens with zero attached hydrogens (tertiary/aromatic N) is 3. The van der Waals surface area contributed by atoms with Gasteiger partial charge in [-0.15, -0.1) is 10.2 Å². The summed E-state index contributed by atoms with van der Waals surface area (Å²) in [6.45, 7) is 0.720. The Kier molecular flexibility index (Phi) is 5.38. The average molecular weight is 374 g/mol. The average Bonchev–Trinajstić information content (AvgIpc) is 2.85. The van der Waals surface area contributed by atoms with Crippen LogP contribution in [-0.2, 0) is 11.3 Å². The molecule has 106 valence electrons. The summed E-state index contributed by atoms with van der Waals surface area (Å²) in [5.41, 5.74) is 1.16. The molecular weight excluding hydrogens is 362 g/mol. The van der Waals surface area contributed by atoms with E-state index in [1.54, 1.807) is 0 Å².